The minimum atomic E-state index is 0. The van der Waals surface area contributed by atoms with Gasteiger partial charge in [-0.25, -0.2) is 0 Å². The van der Waals surface area contributed by atoms with Gasteiger partial charge in [0.2, 0.25) is 0 Å². The molecule has 0 unspecified atom stereocenters. The zero-order valence-electron chi connectivity index (χ0n) is 7.21. The number of hydrogen-bond acceptors (Lipinski definition) is 1. The molecule has 0 aromatic heterocycles. The molecule has 1 aliphatic rings. The highest BCUT2D eigenvalue weighted by Gasteiger charge is 2.13. The summed E-state index contributed by atoms with van der Waals surface area (Å²) < 4.78 is 0. The van der Waals surface area contributed by atoms with E-state index in [-0.39, 0.29) is 18.4 Å². The van der Waals surface area contributed by atoms with Crippen LogP contribution >= 0.6 is 12.4 Å². The van der Waals surface area contributed by atoms with Crippen LogP contribution in [0.4, 0.5) is 0 Å². The van der Waals surface area contributed by atoms with E-state index in [1.165, 1.54) is 29.5 Å². The fraction of sp³-hybridized carbons (Fsp3) is 0.400. The molecule has 0 saturated carbocycles. The minimum absolute atomic E-state index is 0. The molecule has 0 bridgehead atoms. The Bertz CT molecular complexity index is 281. The topological polar surface area (TPSA) is 26.0 Å². The van der Waals surface area contributed by atoms with Gasteiger partial charge in [-0.05, 0) is 36.5 Å². The van der Waals surface area contributed by atoms with Gasteiger partial charge in [0.25, 0.3) is 0 Å². The average molecular weight is 184 g/mol. The van der Waals surface area contributed by atoms with Gasteiger partial charge in [-0.3, -0.25) is 0 Å². The van der Waals surface area contributed by atoms with Crippen molar-refractivity contribution in [3.8, 4) is 0 Å². The molecule has 2 heteroatoms. The highest BCUT2D eigenvalue weighted by Crippen LogP contribution is 2.25. The standard InChI is InChI=1S/C10H13N.ClH/c1-7(11)9-4-2-8-3-5-10(8)6-9;/h2,4,6-7H,3,5,11H2,1H3;1H/t7-;/m0./s1. The maximum atomic E-state index is 5.76. The molecule has 0 aliphatic heterocycles. The van der Waals surface area contributed by atoms with E-state index >= 15 is 0 Å². The number of halogens is 1. The number of rotatable bonds is 1. The van der Waals surface area contributed by atoms with Crippen molar-refractivity contribution >= 4 is 12.4 Å². The second-order valence-corrected chi connectivity index (χ2v) is 3.32. The first-order valence-electron chi connectivity index (χ1n) is 4.14. The summed E-state index contributed by atoms with van der Waals surface area (Å²) in [5, 5.41) is 0. The van der Waals surface area contributed by atoms with Gasteiger partial charge >= 0.3 is 0 Å². The van der Waals surface area contributed by atoms with Crippen molar-refractivity contribution in [2.45, 2.75) is 25.8 Å². The van der Waals surface area contributed by atoms with Gasteiger partial charge in [-0.15, -0.1) is 12.4 Å². The van der Waals surface area contributed by atoms with Crippen molar-refractivity contribution in [2.75, 3.05) is 0 Å². The molecule has 0 spiro atoms. The van der Waals surface area contributed by atoms with Gasteiger partial charge < -0.3 is 5.73 Å². The Kier molecular flexibility index (Phi) is 2.76. The summed E-state index contributed by atoms with van der Waals surface area (Å²) in [6, 6.07) is 6.77. The lowest BCUT2D eigenvalue weighted by Crippen LogP contribution is -2.11. The molecule has 66 valence electrons. The van der Waals surface area contributed by atoms with Crippen molar-refractivity contribution in [3.05, 3.63) is 34.9 Å². The molecule has 2 rings (SSSR count). The molecule has 1 atom stereocenters. The van der Waals surface area contributed by atoms with E-state index in [0.717, 1.165) is 0 Å². The first-order valence-corrected chi connectivity index (χ1v) is 4.14. The van der Waals surface area contributed by atoms with Crippen molar-refractivity contribution in [3.63, 3.8) is 0 Å². The monoisotopic (exact) mass is 183 g/mol. The third-order valence-electron chi connectivity index (χ3n) is 2.42. The summed E-state index contributed by atoms with van der Waals surface area (Å²) in [6.45, 7) is 2.03. The number of nitrogens with two attached hydrogens (primary N) is 1. The smallest absolute Gasteiger partial charge is 0.0266 e. The third-order valence-corrected chi connectivity index (χ3v) is 2.42. The van der Waals surface area contributed by atoms with Crippen LogP contribution in [0.3, 0.4) is 0 Å². The first-order chi connectivity index (χ1) is 5.27. The number of hydrogen-bond donors (Lipinski definition) is 1. The lowest BCUT2D eigenvalue weighted by Gasteiger charge is -2.20. The molecule has 0 radical (unpaired) electrons. The van der Waals surface area contributed by atoms with Crippen LogP contribution in [0.25, 0.3) is 0 Å². The lowest BCUT2D eigenvalue weighted by molar-refractivity contribution is 0.788. The van der Waals surface area contributed by atoms with Crippen molar-refractivity contribution in [1.29, 1.82) is 0 Å². The van der Waals surface area contributed by atoms with Crippen LogP contribution in [-0.4, -0.2) is 0 Å². The second kappa shape index (κ2) is 3.46. The lowest BCUT2D eigenvalue weighted by atomic mass is 9.86. The van der Waals surface area contributed by atoms with Crippen LogP contribution in [-0.2, 0) is 12.8 Å². The minimum Gasteiger partial charge on any atom is -0.324 e. The second-order valence-electron chi connectivity index (χ2n) is 3.32. The van der Waals surface area contributed by atoms with Gasteiger partial charge in [0.15, 0.2) is 0 Å². The van der Waals surface area contributed by atoms with Crippen LogP contribution in [0.2, 0.25) is 0 Å². The Hall–Kier alpha value is -0.530. The molecule has 0 fully saturated rings. The normalized spacial score (nSPS) is 15.5. The fourth-order valence-corrected chi connectivity index (χ4v) is 1.50. The zero-order valence-corrected chi connectivity index (χ0v) is 8.03. The summed E-state index contributed by atoms with van der Waals surface area (Å²) in [7, 11) is 0. The van der Waals surface area contributed by atoms with E-state index in [9.17, 15) is 0 Å². The van der Waals surface area contributed by atoms with E-state index in [2.05, 4.69) is 18.2 Å². The maximum Gasteiger partial charge on any atom is 0.0266 e. The Morgan fingerprint density at radius 3 is 2.33 bits per heavy atom. The fourth-order valence-electron chi connectivity index (χ4n) is 1.50. The predicted octanol–water partition coefficient (Wildman–Crippen LogP) is 2.23. The van der Waals surface area contributed by atoms with Gasteiger partial charge in [0, 0.05) is 6.04 Å². The van der Waals surface area contributed by atoms with Gasteiger partial charge in [-0.1, -0.05) is 18.2 Å². The molecule has 1 aliphatic carbocycles. The molecule has 12 heavy (non-hydrogen) atoms. The third kappa shape index (κ3) is 1.47. The van der Waals surface area contributed by atoms with Crippen LogP contribution in [0.15, 0.2) is 18.2 Å². The molecule has 0 saturated heterocycles. The highest BCUT2D eigenvalue weighted by molar-refractivity contribution is 5.85. The zero-order chi connectivity index (χ0) is 7.84. The van der Waals surface area contributed by atoms with E-state index in [4.69, 9.17) is 5.73 Å². The molecular weight excluding hydrogens is 170 g/mol. The molecule has 0 heterocycles. The summed E-state index contributed by atoms with van der Waals surface area (Å²) in [5.74, 6) is 0. The number of aryl methyl sites for hydroxylation is 2. The predicted molar refractivity (Wildman–Crippen MR) is 53.7 cm³/mol. The first kappa shape index (κ1) is 9.56. The van der Waals surface area contributed by atoms with E-state index in [1.54, 1.807) is 0 Å². The molecule has 1 aromatic carbocycles. The van der Waals surface area contributed by atoms with Crippen molar-refractivity contribution in [1.82, 2.24) is 0 Å². The summed E-state index contributed by atoms with van der Waals surface area (Å²) in [5.41, 5.74) is 10.0. The summed E-state index contributed by atoms with van der Waals surface area (Å²) in [6.07, 6.45) is 2.50. The number of benzene rings is 1. The van der Waals surface area contributed by atoms with Crippen LogP contribution < -0.4 is 5.73 Å². The SMILES string of the molecule is C[C@H](N)c1ccc2c(c1)CC2.Cl. The molecule has 2 N–H and O–H groups in total. The Balaban J connectivity index is 0.000000720. The van der Waals surface area contributed by atoms with Crippen LogP contribution in [0.5, 0.6) is 0 Å². The Labute approximate surface area is 79.4 Å². The average Bonchev–Trinajstić information content (AvgIpc) is 1.91. The van der Waals surface area contributed by atoms with Gasteiger partial charge in [-0.2, -0.15) is 0 Å². The van der Waals surface area contributed by atoms with Crippen molar-refractivity contribution < 1.29 is 0 Å². The van der Waals surface area contributed by atoms with Crippen LogP contribution in [0, 0.1) is 0 Å². The molecule has 1 aromatic rings. The molecule has 0 amide bonds. The largest absolute Gasteiger partial charge is 0.324 e. The highest BCUT2D eigenvalue weighted by atomic mass is 35.5. The summed E-state index contributed by atoms with van der Waals surface area (Å²) >= 11 is 0. The Morgan fingerprint density at radius 2 is 1.92 bits per heavy atom. The van der Waals surface area contributed by atoms with E-state index < -0.39 is 0 Å². The maximum absolute atomic E-state index is 5.76. The molecular formula is C10H14ClN. The van der Waals surface area contributed by atoms with Crippen molar-refractivity contribution in [2.24, 2.45) is 5.73 Å². The van der Waals surface area contributed by atoms with Gasteiger partial charge in [0.05, 0.1) is 0 Å². The molecule has 1 nitrogen and oxygen atoms in total. The van der Waals surface area contributed by atoms with Crippen LogP contribution in [0.1, 0.15) is 29.7 Å². The quantitative estimate of drug-likeness (QED) is 0.710. The van der Waals surface area contributed by atoms with E-state index in [1.807, 2.05) is 6.92 Å². The van der Waals surface area contributed by atoms with Gasteiger partial charge in [0.1, 0.15) is 0 Å². The number of fused-ring (bicyclic) bond motifs is 1. The Morgan fingerprint density at radius 1 is 1.25 bits per heavy atom. The summed E-state index contributed by atoms with van der Waals surface area (Å²) in [4.78, 5) is 0. The van der Waals surface area contributed by atoms with E-state index in [0.29, 0.717) is 0 Å².